The molecule has 0 N–H and O–H groups in total. The van der Waals surface area contributed by atoms with E-state index in [0.29, 0.717) is 0 Å². The molecule has 0 aliphatic rings. The van der Waals surface area contributed by atoms with Gasteiger partial charge in [0.05, 0.1) is 5.52 Å². The fourth-order valence-electron chi connectivity index (χ4n) is 2.28. The van der Waals surface area contributed by atoms with Gasteiger partial charge in [-0.1, -0.05) is 48.0 Å². The van der Waals surface area contributed by atoms with E-state index in [2.05, 4.69) is 60.4 Å². The van der Waals surface area contributed by atoms with Crippen LogP contribution in [-0.4, -0.2) is 4.98 Å². The second-order valence-corrected chi connectivity index (χ2v) is 4.69. The monoisotopic (exact) mass is 233 g/mol. The molecule has 3 aromatic rings. The first-order valence-corrected chi connectivity index (χ1v) is 6.17. The van der Waals surface area contributed by atoms with Gasteiger partial charge in [-0.15, -0.1) is 0 Å². The van der Waals surface area contributed by atoms with Gasteiger partial charge in [0.15, 0.2) is 0 Å². The molecule has 0 atom stereocenters. The minimum absolute atomic E-state index is 1.06. The van der Waals surface area contributed by atoms with E-state index in [9.17, 15) is 0 Å². The number of nitrogens with zero attached hydrogens (tertiary/aromatic N) is 1. The van der Waals surface area contributed by atoms with Gasteiger partial charge in [-0.25, -0.2) is 0 Å². The molecule has 88 valence electrons. The lowest BCUT2D eigenvalue weighted by molar-refractivity contribution is 1.26. The van der Waals surface area contributed by atoms with E-state index in [1.807, 2.05) is 13.0 Å². The first kappa shape index (κ1) is 11.0. The molecule has 1 heterocycles. The summed E-state index contributed by atoms with van der Waals surface area (Å²) in [5.41, 5.74) is 5.92. The number of pyridine rings is 1. The van der Waals surface area contributed by atoms with Crippen LogP contribution in [0.15, 0.2) is 54.6 Å². The average molecular weight is 233 g/mol. The minimum Gasteiger partial charge on any atom is -0.253 e. The zero-order valence-corrected chi connectivity index (χ0v) is 10.6. The van der Waals surface area contributed by atoms with Gasteiger partial charge in [-0.3, -0.25) is 4.98 Å². The van der Waals surface area contributed by atoms with Gasteiger partial charge in [0.2, 0.25) is 0 Å². The third-order valence-corrected chi connectivity index (χ3v) is 3.21. The van der Waals surface area contributed by atoms with Gasteiger partial charge in [0.25, 0.3) is 0 Å². The largest absolute Gasteiger partial charge is 0.253 e. The molecule has 2 aromatic carbocycles. The molecule has 0 spiro atoms. The van der Waals surface area contributed by atoms with Crippen LogP contribution in [0.25, 0.3) is 22.0 Å². The van der Waals surface area contributed by atoms with Crippen LogP contribution in [0.5, 0.6) is 0 Å². The molecular formula is C17H15N. The van der Waals surface area contributed by atoms with Crippen LogP contribution in [-0.2, 0) is 0 Å². The molecule has 0 bridgehead atoms. The lowest BCUT2D eigenvalue weighted by Gasteiger charge is -2.08. The Balaban J connectivity index is 2.31. The molecule has 0 saturated carbocycles. The van der Waals surface area contributed by atoms with Gasteiger partial charge in [0, 0.05) is 11.1 Å². The van der Waals surface area contributed by atoms with E-state index in [4.69, 9.17) is 0 Å². The fraction of sp³-hybridized carbons (Fsp3) is 0.118. The second kappa shape index (κ2) is 4.26. The van der Waals surface area contributed by atoms with E-state index in [0.717, 1.165) is 11.2 Å². The van der Waals surface area contributed by atoms with Crippen molar-refractivity contribution in [1.29, 1.82) is 0 Å². The molecule has 0 radical (unpaired) electrons. The predicted octanol–water partition coefficient (Wildman–Crippen LogP) is 4.52. The van der Waals surface area contributed by atoms with Gasteiger partial charge in [0.1, 0.15) is 0 Å². The van der Waals surface area contributed by atoms with Crippen molar-refractivity contribution in [3.63, 3.8) is 0 Å². The summed E-state index contributed by atoms with van der Waals surface area (Å²) in [6, 6.07) is 19.1. The highest BCUT2D eigenvalue weighted by atomic mass is 14.7. The number of aromatic nitrogens is 1. The maximum absolute atomic E-state index is 4.58. The normalized spacial score (nSPS) is 10.8. The summed E-state index contributed by atoms with van der Waals surface area (Å²) in [6.45, 7) is 4.16. The Kier molecular flexibility index (Phi) is 2.60. The lowest BCUT2D eigenvalue weighted by atomic mass is 9.99. The van der Waals surface area contributed by atoms with Crippen molar-refractivity contribution in [3.05, 3.63) is 65.9 Å². The van der Waals surface area contributed by atoms with Crippen molar-refractivity contribution in [1.82, 2.24) is 4.98 Å². The lowest BCUT2D eigenvalue weighted by Crippen LogP contribution is -1.88. The van der Waals surface area contributed by atoms with Crippen molar-refractivity contribution in [2.24, 2.45) is 0 Å². The quantitative estimate of drug-likeness (QED) is 0.602. The SMILES string of the molecule is Cc1ccc(-c2cc(C)nc3ccccc23)cc1. The second-order valence-electron chi connectivity index (χ2n) is 4.69. The van der Waals surface area contributed by atoms with Gasteiger partial charge >= 0.3 is 0 Å². The molecule has 0 amide bonds. The van der Waals surface area contributed by atoms with E-state index >= 15 is 0 Å². The van der Waals surface area contributed by atoms with Gasteiger partial charge in [-0.2, -0.15) is 0 Å². The van der Waals surface area contributed by atoms with Gasteiger partial charge in [-0.05, 0) is 37.1 Å². The van der Waals surface area contributed by atoms with Crippen molar-refractivity contribution in [2.75, 3.05) is 0 Å². The van der Waals surface area contributed by atoms with E-state index in [1.165, 1.54) is 22.1 Å². The molecule has 1 aromatic heterocycles. The maximum atomic E-state index is 4.58. The van der Waals surface area contributed by atoms with E-state index in [-0.39, 0.29) is 0 Å². The summed E-state index contributed by atoms with van der Waals surface area (Å²) in [5.74, 6) is 0. The minimum atomic E-state index is 1.06. The zero-order chi connectivity index (χ0) is 12.5. The van der Waals surface area contributed by atoms with Crippen LogP contribution < -0.4 is 0 Å². The molecule has 0 saturated heterocycles. The number of hydrogen-bond acceptors (Lipinski definition) is 1. The first-order valence-electron chi connectivity index (χ1n) is 6.17. The summed E-state index contributed by atoms with van der Waals surface area (Å²) in [6.07, 6.45) is 0. The van der Waals surface area contributed by atoms with Gasteiger partial charge < -0.3 is 0 Å². The van der Waals surface area contributed by atoms with Crippen LogP contribution in [0, 0.1) is 13.8 Å². The first-order chi connectivity index (χ1) is 8.74. The predicted molar refractivity (Wildman–Crippen MR) is 76.7 cm³/mol. The van der Waals surface area contributed by atoms with Crippen LogP contribution in [0.4, 0.5) is 0 Å². The number of hydrogen-bond donors (Lipinski definition) is 0. The van der Waals surface area contributed by atoms with E-state index in [1.54, 1.807) is 0 Å². The van der Waals surface area contributed by atoms with Crippen LogP contribution >= 0.6 is 0 Å². The summed E-state index contributed by atoms with van der Waals surface area (Å²) >= 11 is 0. The highest BCUT2D eigenvalue weighted by molar-refractivity contribution is 5.94. The standard InChI is InChI=1S/C17H15N/c1-12-7-9-14(10-8-12)16-11-13(2)18-17-6-4-3-5-15(16)17/h3-11H,1-2H3. The molecule has 0 aliphatic carbocycles. The fourth-order valence-corrected chi connectivity index (χ4v) is 2.28. The number of para-hydroxylation sites is 1. The third kappa shape index (κ3) is 1.88. The summed E-state index contributed by atoms with van der Waals surface area (Å²) in [7, 11) is 0. The van der Waals surface area contributed by atoms with Crippen molar-refractivity contribution >= 4 is 10.9 Å². The maximum Gasteiger partial charge on any atom is 0.0711 e. The van der Waals surface area contributed by atoms with Crippen LogP contribution in [0.1, 0.15) is 11.3 Å². The van der Waals surface area contributed by atoms with Crippen molar-refractivity contribution < 1.29 is 0 Å². The smallest absolute Gasteiger partial charge is 0.0711 e. The Bertz CT molecular complexity index is 696. The van der Waals surface area contributed by atoms with Crippen LogP contribution in [0.3, 0.4) is 0 Å². The molecule has 18 heavy (non-hydrogen) atoms. The molecule has 0 fully saturated rings. The molecule has 1 nitrogen and oxygen atoms in total. The summed E-state index contributed by atoms with van der Waals surface area (Å²) < 4.78 is 0. The van der Waals surface area contributed by atoms with Crippen LogP contribution in [0.2, 0.25) is 0 Å². The number of aryl methyl sites for hydroxylation is 2. The highest BCUT2D eigenvalue weighted by Crippen LogP contribution is 2.28. The summed E-state index contributed by atoms with van der Waals surface area (Å²) in [4.78, 5) is 4.58. The van der Waals surface area contributed by atoms with Crippen molar-refractivity contribution in [2.45, 2.75) is 13.8 Å². The van der Waals surface area contributed by atoms with Crippen molar-refractivity contribution in [3.8, 4) is 11.1 Å². The Labute approximate surface area is 107 Å². The zero-order valence-electron chi connectivity index (χ0n) is 10.6. The average Bonchev–Trinajstić information content (AvgIpc) is 2.38. The molecule has 0 unspecified atom stereocenters. The Morgan fingerprint density at radius 2 is 1.56 bits per heavy atom. The molecule has 1 heteroatoms. The molecular weight excluding hydrogens is 218 g/mol. The Morgan fingerprint density at radius 1 is 0.833 bits per heavy atom. The third-order valence-electron chi connectivity index (χ3n) is 3.21. The Morgan fingerprint density at radius 3 is 2.33 bits per heavy atom. The molecule has 0 aliphatic heterocycles. The highest BCUT2D eigenvalue weighted by Gasteiger charge is 2.05. The number of fused-ring (bicyclic) bond motifs is 1. The topological polar surface area (TPSA) is 12.9 Å². The number of benzene rings is 2. The summed E-state index contributed by atoms with van der Waals surface area (Å²) in [5, 5.41) is 1.21. The number of rotatable bonds is 1. The Hall–Kier alpha value is -2.15. The molecule has 3 rings (SSSR count). The van der Waals surface area contributed by atoms with E-state index < -0.39 is 0 Å².